The third-order valence-electron chi connectivity index (χ3n) is 3.02. The lowest BCUT2D eigenvalue weighted by Gasteiger charge is -2.27. The van der Waals surface area contributed by atoms with Crippen molar-refractivity contribution in [2.75, 3.05) is 20.3 Å². The highest BCUT2D eigenvalue weighted by molar-refractivity contribution is 5.86. The molecular weight excluding hydrogens is 244 g/mol. The SMILES string of the molecule is COC[C@@H](NC(C)=O)C(=O)NCC1(C)C=CC=CC1. The van der Waals surface area contributed by atoms with Gasteiger partial charge in [-0.3, -0.25) is 9.59 Å². The molecule has 0 spiro atoms. The van der Waals surface area contributed by atoms with Gasteiger partial charge in [-0.25, -0.2) is 0 Å². The van der Waals surface area contributed by atoms with Crippen LogP contribution in [0.1, 0.15) is 20.3 Å². The van der Waals surface area contributed by atoms with Crippen LogP contribution in [0.4, 0.5) is 0 Å². The molecule has 2 atom stereocenters. The van der Waals surface area contributed by atoms with Crippen molar-refractivity contribution in [1.29, 1.82) is 0 Å². The first kappa shape index (κ1) is 15.4. The van der Waals surface area contributed by atoms with Gasteiger partial charge in [-0.05, 0) is 6.42 Å². The Bertz CT molecular complexity index is 390. The van der Waals surface area contributed by atoms with Crippen LogP contribution in [0.2, 0.25) is 0 Å². The molecule has 0 saturated carbocycles. The van der Waals surface area contributed by atoms with E-state index in [-0.39, 0.29) is 23.8 Å². The first-order valence-electron chi connectivity index (χ1n) is 6.35. The predicted octanol–water partition coefficient (Wildman–Crippen LogP) is 0.776. The van der Waals surface area contributed by atoms with Crippen LogP contribution in [-0.4, -0.2) is 38.1 Å². The summed E-state index contributed by atoms with van der Waals surface area (Å²) < 4.78 is 4.94. The maximum atomic E-state index is 12.0. The van der Waals surface area contributed by atoms with Crippen LogP contribution in [-0.2, 0) is 14.3 Å². The van der Waals surface area contributed by atoms with Crippen LogP contribution in [0.15, 0.2) is 24.3 Å². The normalized spacial score (nSPS) is 22.9. The van der Waals surface area contributed by atoms with E-state index in [1.54, 1.807) is 0 Å². The Morgan fingerprint density at radius 3 is 2.68 bits per heavy atom. The van der Waals surface area contributed by atoms with Crippen molar-refractivity contribution in [2.45, 2.75) is 26.3 Å². The van der Waals surface area contributed by atoms with Gasteiger partial charge in [-0.1, -0.05) is 31.2 Å². The van der Waals surface area contributed by atoms with E-state index in [1.165, 1.54) is 14.0 Å². The Balaban J connectivity index is 2.49. The summed E-state index contributed by atoms with van der Waals surface area (Å²) in [6.07, 6.45) is 9.02. The Hall–Kier alpha value is -1.62. The summed E-state index contributed by atoms with van der Waals surface area (Å²) in [5, 5.41) is 5.44. The summed E-state index contributed by atoms with van der Waals surface area (Å²) in [5.41, 5.74) is -0.0712. The molecule has 1 rings (SSSR count). The third-order valence-corrected chi connectivity index (χ3v) is 3.02. The van der Waals surface area contributed by atoms with E-state index < -0.39 is 6.04 Å². The third kappa shape index (κ3) is 5.26. The first-order chi connectivity index (χ1) is 8.97. The highest BCUT2D eigenvalue weighted by Gasteiger charge is 2.25. The van der Waals surface area contributed by atoms with Gasteiger partial charge in [-0.15, -0.1) is 0 Å². The second-order valence-corrected chi connectivity index (χ2v) is 5.07. The summed E-state index contributed by atoms with van der Waals surface area (Å²) in [5.74, 6) is -0.467. The number of amides is 2. The summed E-state index contributed by atoms with van der Waals surface area (Å²) in [6, 6.07) is -0.644. The highest BCUT2D eigenvalue weighted by Crippen LogP contribution is 2.25. The standard InChI is InChI=1S/C14H22N2O3/c1-11(17)16-12(9-19-3)13(18)15-10-14(2)7-5-4-6-8-14/h4-7,12H,8-10H2,1-3H3,(H,15,18)(H,16,17)/t12-,14?/m1/s1. The molecule has 0 aliphatic heterocycles. The largest absolute Gasteiger partial charge is 0.382 e. The van der Waals surface area contributed by atoms with Crippen LogP contribution in [0.3, 0.4) is 0 Å². The Morgan fingerprint density at radius 2 is 2.16 bits per heavy atom. The van der Waals surface area contributed by atoms with Crippen molar-refractivity contribution in [3.05, 3.63) is 24.3 Å². The number of methoxy groups -OCH3 is 1. The second-order valence-electron chi connectivity index (χ2n) is 5.07. The number of carbonyl (C=O) groups is 2. The van der Waals surface area contributed by atoms with Crippen molar-refractivity contribution < 1.29 is 14.3 Å². The van der Waals surface area contributed by atoms with Crippen molar-refractivity contribution in [3.63, 3.8) is 0 Å². The minimum atomic E-state index is -0.644. The molecule has 1 aliphatic carbocycles. The van der Waals surface area contributed by atoms with Crippen molar-refractivity contribution in [2.24, 2.45) is 5.41 Å². The molecule has 0 fully saturated rings. The van der Waals surface area contributed by atoms with Crippen molar-refractivity contribution in [3.8, 4) is 0 Å². The van der Waals surface area contributed by atoms with Crippen LogP contribution in [0.5, 0.6) is 0 Å². The smallest absolute Gasteiger partial charge is 0.245 e. The molecule has 0 heterocycles. The van der Waals surface area contributed by atoms with Gasteiger partial charge in [0.1, 0.15) is 6.04 Å². The minimum Gasteiger partial charge on any atom is -0.382 e. The lowest BCUT2D eigenvalue weighted by molar-refractivity contribution is -0.129. The molecule has 0 bridgehead atoms. The van der Waals surface area contributed by atoms with E-state index in [2.05, 4.69) is 29.7 Å². The van der Waals surface area contributed by atoms with Gasteiger partial charge in [0.05, 0.1) is 6.61 Å². The zero-order chi connectivity index (χ0) is 14.3. The van der Waals surface area contributed by atoms with Gasteiger partial charge >= 0.3 is 0 Å². The van der Waals surface area contributed by atoms with Crippen LogP contribution in [0, 0.1) is 5.41 Å². The molecule has 5 nitrogen and oxygen atoms in total. The molecule has 1 unspecified atom stereocenters. The van der Waals surface area contributed by atoms with E-state index in [9.17, 15) is 9.59 Å². The predicted molar refractivity (Wildman–Crippen MR) is 73.5 cm³/mol. The molecule has 106 valence electrons. The maximum Gasteiger partial charge on any atom is 0.245 e. The monoisotopic (exact) mass is 266 g/mol. The van der Waals surface area contributed by atoms with E-state index in [0.29, 0.717) is 6.54 Å². The topological polar surface area (TPSA) is 67.4 Å². The fourth-order valence-electron chi connectivity index (χ4n) is 1.91. The fourth-order valence-corrected chi connectivity index (χ4v) is 1.91. The van der Waals surface area contributed by atoms with Crippen LogP contribution < -0.4 is 10.6 Å². The summed E-state index contributed by atoms with van der Waals surface area (Å²) in [6.45, 7) is 4.16. The molecule has 0 aromatic rings. The quantitative estimate of drug-likeness (QED) is 0.746. The lowest BCUT2D eigenvalue weighted by atomic mass is 9.84. The van der Waals surface area contributed by atoms with E-state index in [1.807, 2.05) is 12.2 Å². The van der Waals surface area contributed by atoms with Gasteiger partial charge in [0.25, 0.3) is 0 Å². The van der Waals surface area contributed by atoms with Crippen molar-refractivity contribution >= 4 is 11.8 Å². The average Bonchev–Trinajstić information content (AvgIpc) is 2.36. The molecule has 0 saturated heterocycles. The van der Waals surface area contributed by atoms with E-state index >= 15 is 0 Å². The summed E-state index contributed by atoms with van der Waals surface area (Å²) in [4.78, 5) is 23.0. The van der Waals surface area contributed by atoms with E-state index in [0.717, 1.165) is 6.42 Å². The Morgan fingerprint density at radius 1 is 1.42 bits per heavy atom. The number of carbonyl (C=O) groups excluding carboxylic acids is 2. The molecular formula is C14H22N2O3. The second kappa shape index (κ2) is 7.09. The summed E-state index contributed by atoms with van der Waals surface area (Å²) in [7, 11) is 1.50. The van der Waals surface area contributed by atoms with Gasteiger partial charge < -0.3 is 15.4 Å². The summed E-state index contributed by atoms with van der Waals surface area (Å²) >= 11 is 0. The Labute approximate surface area is 114 Å². The molecule has 0 aromatic carbocycles. The first-order valence-corrected chi connectivity index (χ1v) is 6.35. The molecule has 0 radical (unpaired) electrons. The van der Waals surface area contributed by atoms with Crippen LogP contribution in [0.25, 0.3) is 0 Å². The zero-order valence-electron chi connectivity index (χ0n) is 11.7. The minimum absolute atomic E-state index is 0.0712. The molecule has 0 aromatic heterocycles. The number of hydrogen-bond donors (Lipinski definition) is 2. The number of allylic oxidation sites excluding steroid dienone is 3. The molecule has 2 amide bonds. The lowest BCUT2D eigenvalue weighted by Crippen LogP contribution is -2.50. The molecule has 1 aliphatic rings. The van der Waals surface area contributed by atoms with E-state index in [4.69, 9.17) is 4.74 Å². The maximum absolute atomic E-state index is 12.0. The Kier molecular flexibility index (Phi) is 5.76. The van der Waals surface area contributed by atoms with Gasteiger partial charge in [0, 0.05) is 26.0 Å². The number of hydrogen-bond acceptors (Lipinski definition) is 3. The van der Waals surface area contributed by atoms with Gasteiger partial charge in [-0.2, -0.15) is 0 Å². The average molecular weight is 266 g/mol. The van der Waals surface area contributed by atoms with Crippen molar-refractivity contribution in [1.82, 2.24) is 10.6 Å². The number of nitrogens with one attached hydrogen (secondary N) is 2. The number of rotatable bonds is 6. The number of ether oxygens (including phenoxy) is 1. The van der Waals surface area contributed by atoms with Gasteiger partial charge in [0.2, 0.25) is 11.8 Å². The van der Waals surface area contributed by atoms with Gasteiger partial charge in [0.15, 0.2) is 0 Å². The fraction of sp³-hybridized carbons (Fsp3) is 0.571. The molecule has 2 N–H and O–H groups in total. The molecule has 19 heavy (non-hydrogen) atoms. The highest BCUT2D eigenvalue weighted by atomic mass is 16.5. The zero-order valence-corrected chi connectivity index (χ0v) is 11.7. The van der Waals surface area contributed by atoms with Crippen LogP contribution >= 0.6 is 0 Å². The molecule has 5 heteroatoms.